The number of carboxylic acid groups (broad SMARTS) is 1. The number of hydrogen-bond acceptors (Lipinski definition) is 6. The maximum Gasteiger partial charge on any atom is 0.323 e. The Hall–Kier alpha value is -2.06. The van der Waals surface area contributed by atoms with Crippen LogP contribution in [0.2, 0.25) is 0 Å². The molecule has 0 bridgehead atoms. The summed E-state index contributed by atoms with van der Waals surface area (Å²) in [6.45, 7) is -0.480. The van der Waals surface area contributed by atoms with Crippen LogP contribution in [0.15, 0.2) is 23.1 Å². The largest absolute Gasteiger partial charge is 0.507 e. The molecule has 0 atom stereocenters. The minimum Gasteiger partial charge on any atom is -0.507 e. The standard InChI is InChI=1S/C13H11NO5S2/c1-19-8-2-3-9(15)7(4-8)5-10-12(18)14(6-11(16)17)13(20)21-10/h2-5,15H,6H2,1H3,(H,16,17)/b10-5-. The van der Waals surface area contributed by atoms with Crippen molar-refractivity contribution >= 4 is 46.3 Å². The molecule has 0 spiro atoms. The molecular weight excluding hydrogens is 314 g/mol. The second-order valence-corrected chi connectivity index (χ2v) is 5.76. The first-order valence-electron chi connectivity index (χ1n) is 5.76. The van der Waals surface area contributed by atoms with Crippen LogP contribution in [-0.4, -0.2) is 45.0 Å². The summed E-state index contributed by atoms with van der Waals surface area (Å²) in [6, 6.07) is 4.60. The third-order valence-corrected chi connectivity index (χ3v) is 4.07. The summed E-state index contributed by atoms with van der Waals surface area (Å²) in [5.74, 6) is -1.12. The number of ether oxygens (including phenoxy) is 1. The van der Waals surface area contributed by atoms with Crippen molar-refractivity contribution < 1.29 is 24.5 Å². The Morgan fingerprint density at radius 2 is 2.24 bits per heavy atom. The van der Waals surface area contributed by atoms with Gasteiger partial charge in [0.05, 0.1) is 12.0 Å². The van der Waals surface area contributed by atoms with E-state index < -0.39 is 18.4 Å². The van der Waals surface area contributed by atoms with Crippen molar-refractivity contribution in [3.05, 3.63) is 28.7 Å². The number of aromatic hydroxyl groups is 1. The molecule has 0 aromatic heterocycles. The predicted molar refractivity (Wildman–Crippen MR) is 82.2 cm³/mol. The highest BCUT2D eigenvalue weighted by Gasteiger charge is 2.33. The van der Waals surface area contributed by atoms with Crippen molar-refractivity contribution in [1.82, 2.24) is 4.90 Å². The van der Waals surface area contributed by atoms with Gasteiger partial charge in [0.1, 0.15) is 22.4 Å². The summed E-state index contributed by atoms with van der Waals surface area (Å²) in [5.41, 5.74) is 0.394. The summed E-state index contributed by atoms with van der Waals surface area (Å²) in [7, 11) is 1.49. The first-order chi connectivity index (χ1) is 9.92. The van der Waals surface area contributed by atoms with E-state index in [4.69, 9.17) is 22.1 Å². The number of phenolic OH excluding ortho intramolecular Hbond substituents is 1. The van der Waals surface area contributed by atoms with Gasteiger partial charge in [-0.05, 0) is 24.3 Å². The SMILES string of the molecule is COc1ccc(O)c(/C=C2\SC(=S)N(CC(=O)O)C2=O)c1. The van der Waals surface area contributed by atoms with E-state index in [2.05, 4.69) is 0 Å². The molecule has 1 aliphatic rings. The van der Waals surface area contributed by atoms with E-state index >= 15 is 0 Å². The molecule has 110 valence electrons. The van der Waals surface area contributed by atoms with Crippen LogP contribution in [0, 0.1) is 0 Å². The molecule has 2 rings (SSSR count). The van der Waals surface area contributed by atoms with Crippen molar-refractivity contribution in [2.75, 3.05) is 13.7 Å². The molecule has 1 aliphatic heterocycles. The Balaban J connectivity index is 2.32. The number of thioether (sulfide) groups is 1. The van der Waals surface area contributed by atoms with Crippen LogP contribution in [-0.2, 0) is 9.59 Å². The second kappa shape index (κ2) is 6.15. The van der Waals surface area contributed by atoms with Crippen LogP contribution in [0.25, 0.3) is 6.08 Å². The van der Waals surface area contributed by atoms with Crippen LogP contribution < -0.4 is 4.74 Å². The Morgan fingerprint density at radius 3 is 2.86 bits per heavy atom. The highest BCUT2D eigenvalue weighted by molar-refractivity contribution is 8.26. The Bertz CT molecular complexity index is 656. The summed E-state index contributed by atoms with van der Waals surface area (Å²) in [4.78, 5) is 24.1. The number of carbonyl (C=O) groups excluding carboxylic acids is 1. The number of carboxylic acids is 1. The van der Waals surface area contributed by atoms with Crippen LogP contribution in [0.3, 0.4) is 0 Å². The van der Waals surface area contributed by atoms with Gasteiger partial charge in [-0.3, -0.25) is 14.5 Å². The average molecular weight is 325 g/mol. The monoisotopic (exact) mass is 325 g/mol. The van der Waals surface area contributed by atoms with Crippen LogP contribution in [0.5, 0.6) is 11.5 Å². The summed E-state index contributed by atoms with van der Waals surface area (Å²) < 4.78 is 5.23. The zero-order valence-corrected chi connectivity index (χ0v) is 12.5. The first-order valence-corrected chi connectivity index (χ1v) is 6.99. The van der Waals surface area contributed by atoms with Gasteiger partial charge in [0, 0.05) is 5.56 Å². The minimum absolute atomic E-state index is 0.0145. The lowest BCUT2D eigenvalue weighted by atomic mass is 10.1. The van der Waals surface area contributed by atoms with E-state index in [1.165, 1.54) is 19.3 Å². The molecule has 0 saturated carbocycles. The van der Waals surface area contributed by atoms with Crippen molar-refractivity contribution in [3.8, 4) is 11.5 Å². The smallest absolute Gasteiger partial charge is 0.323 e. The fraction of sp³-hybridized carbons (Fsp3) is 0.154. The Labute approximate surface area is 130 Å². The molecule has 2 N–H and O–H groups in total. The number of hydrogen-bond donors (Lipinski definition) is 2. The number of carbonyl (C=O) groups is 2. The van der Waals surface area contributed by atoms with E-state index in [9.17, 15) is 14.7 Å². The molecule has 21 heavy (non-hydrogen) atoms. The number of rotatable bonds is 4. The molecule has 0 unspecified atom stereocenters. The van der Waals surface area contributed by atoms with E-state index in [0.717, 1.165) is 16.7 Å². The van der Waals surface area contributed by atoms with E-state index in [1.54, 1.807) is 12.1 Å². The molecule has 0 radical (unpaired) electrons. The lowest BCUT2D eigenvalue weighted by molar-refractivity contribution is -0.140. The molecular formula is C13H11NO5S2. The highest BCUT2D eigenvalue weighted by atomic mass is 32.2. The summed E-state index contributed by atoms with van der Waals surface area (Å²) in [6.07, 6.45) is 1.46. The molecule has 1 aromatic rings. The molecule has 0 aliphatic carbocycles. The van der Waals surface area contributed by atoms with Crippen molar-refractivity contribution in [2.24, 2.45) is 0 Å². The zero-order valence-electron chi connectivity index (χ0n) is 10.9. The lowest BCUT2D eigenvalue weighted by Gasteiger charge is -2.10. The number of benzene rings is 1. The number of amides is 1. The van der Waals surface area contributed by atoms with Gasteiger partial charge < -0.3 is 14.9 Å². The molecule has 1 heterocycles. The zero-order chi connectivity index (χ0) is 15.6. The van der Waals surface area contributed by atoms with Gasteiger partial charge in [-0.25, -0.2) is 0 Å². The number of aliphatic carboxylic acids is 1. The van der Waals surface area contributed by atoms with Gasteiger partial charge in [-0.1, -0.05) is 24.0 Å². The maximum atomic E-state index is 12.1. The number of nitrogens with zero attached hydrogens (tertiary/aromatic N) is 1. The van der Waals surface area contributed by atoms with Crippen LogP contribution in [0.4, 0.5) is 0 Å². The predicted octanol–water partition coefficient (Wildman–Crippen LogP) is 1.69. The fourth-order valence-corrected chi connectivity index (χ4v) is 2.93. The van der Waals surface area contributed by atoms with Crippen LogP contribution >= 0.6 is 24.0 Å². The van der Waals surface area contributed by atoms with E-state index in [-0.39, 0.29) is 15.0 Å². The van der Waals surface area contributed by atoms with Crippen molar-refractivity contribution in [2.45, 2.75) is 0 Å². The van der Waals surface area contributed by atoms with Crippen molar-refractivity contribution in [3.63, 3.8) is 0 Å². The molecule has 1 amide bonds. The number of phenols is 1. The molecule has 8 heteroatoms. The third kappa shape index (κ3) is 3.34. The molecule has 1 saturated heterocycles. The Morgan fingerprint density at radius 1 is 1.52 bits per heavy atom. The minimum atomic E-state index is -1.14. The summed E-state index contributed by atoms with van der Waals surface area (Å²) >= 11 is 5.98. The molecule has 1 fully saturated rings. The van der Waals surface area contributed by atoms with E-state index in [1.807, 2.05) is 0 Å². The van der Waals surface area contributed by atoms with Gasteiger partial charge in [0.25, 0.3) is 5.91 Å². The number of methoxy groups -OCH3 is 1. The second-order valence-electron chi connectivity index (χ2n) is 4.09. The molecule has 1 aromatic carbocycles. The normalized spacial score (nSPS) is 16.6. The average Bonchev–Trinajstić information content (AvgIpc) is 2.68. The summed E-state index contributed by atoms with van der Waals surface area (Å²) in [5, 5.41) is 18.6. The highest BCUT2D eigenvalue weighted by Crippen LogP contribution is 2.34. The molecule has 6 nitrogen and oxygen atoms in total. The van der Waals surface area contributed by atoms with Gasteiger partial charge in [0.15, 0.2) is 0 Å². The fourth-order valence-electron chi connectivity index (χ4n) is 1.69. The van der Waals surface area contributed by atoms with Gasteiger partial charge in [-0.15, -0.1) is 0 Å². The van der Waals surface area contributed by atoms with Gasteiger partial charge >= 0.3 is 5.97 Å². The van der Waals surface area contributed by atoms with Crippen LogP contribution in [0.1, 0.15) is 5.56 Å². The maximum absolute atomic E-state index is 12.1. The quantitative estimate of drug-likeness (QED) is 0.643. The third-order valence-electron chi connectivity index (χ3n) is 2.69. The number of thiocarbonyl (C=S) groups is 1. The lowest BCUT2D eigenvalue weighted by Crippen LogP contribution is -2.33. The first kappa shape index (κ1) is 15.3. The van der Waals surface area contributed by atoms with Gasteiger partial charge in [-0.2, -0.15) is 0 Å². The Kier molecular flexibility index (Phi) is 4.49. The van der Waals surface area contributed by atoms with E-state index in [0.29, 0.717) is 11.3 Å². The van der Waals surface area contributed by atoms with Gasteiger partial charge in [0.2, 0.25) is 0 Å². The van der Waals surface area contributed by atoms with Crippen molar-refractivity contribution in [1.29, 1.82) is 0 Å². The topological polar surface area (TPSA) is 87.1 Å².